The Morgan fingerprint density at radius 2 is 2.06 bits per heavy atom. The molecule has 0 aromatic carbocycles. The highest BCUT2D eigenvalue weighted by Crippen LogP contribution is 2.23. The van der Waals surface area contributed by atoms with Crippen molar-refractivity contribution in [2.75, 3.05) is 51.3 Å². The third-order valence-electron chi connectivity index (χ3n) is 3.69. The molecular formula is C12H19N5O. The lowest BCUT2D eigenvalue weighted by atomic mass is 10.1. The van der Waals surface area contributed by atoms with Gasteiger partial charge in [0.15, 0.2) is 0 Å². The number of nitrogens with one attached hydrogen (secondary N) is 1. The summed E-state index contributed by atoms with van der Waals surface area (Å²) in [6.07, 6.45) is 1.56. The van der Waals surface area contributed by atoms with Crippen LogP contribution in [0.3, 0.4) is 0 Å². The molecule has 3 rings (SSSR count). The molecule has 18 heavy (non-hydrogen) atoms. The van der Waals surface area contributed by atoms with Crippen LogP contribution < -0.4 is 15.0 Å². The minimum absolute atomic E-state index is 0.630. The van der Waals surface area contributed by atoms with Crippen molar-refractivity contribution in [2.45, 2.75) is 6.04 Å². The molecule has 3 heterocycles. The summed E-state index contributed by atoms with van der Waals surface area (Å²) in [5.74, 6) is 1.60. The van der Waals surface area contributed by atoms with Crippen molar-refractivity contribution in [1.29, 1.82) is 0 Å². The number of methoxy groups -OCH3 is 1. The van der Waals surface area contributed by atoms with E-state index in [-0.39, 0.29) is 0 Å². The van der Waals surface area contributed by atoms with Crippen molar-refractivity contribution >= 4 is 5.82 Å². The Balaban J connectivity index is 1.57. The van der Waals surface area contributed by atoms with E-state index >= 15 is 0 Å². The molecule has 1 aromatic rings. The first-order valence-electron chi connectivity index (χ1n) is 6.42. The van der Waals surface area contributed by atoms with E-state index in [4.69, 9.17) is 4.74 Å². The molecule has 0 aliphatic carbocycles. The molecule has 0 atom stereocenters. The van der Waals surface area contributed by atoms with E-state index in [0.29, 0.717) is 11.9 Å². The largest absolute Gasteiger partial charge is 0.481 e. The highest BCUT2D eigenvalue weighted by molar-refractivity contribution is 5.44. The quantitative estimate of drug-likeness (QED) is 0.785. The average Bonchev–Trinajstić information content (AvgIpc) is 2.39. The van der Waals surface area contributed by atoms with Crippen molar-refractivity contribution in [3.63, 3.8) is 0 Å². The van der Waals surface area contributed by atoms with Gasteiger partial charge in [0.25, 0.3) is 0 Å². The van der Waals surface area contributed by atoms with Gasteiger partial charge in [-0.1, -0.05) is 0 Å². The summed E-state index contributed by atoms with van der Waals surface area (Å²) in [7, 11) is 1.63. The van der Waals surface area contributed by atoms with E-state index < -0.39 is 0 Å². The van der Waals surface area contributed by atoms with Gasteiger partial charge in [-0.05, 0) is 0 Å². The van der Waals surface area contributed by atoms with Gasteiger partial charge >= 0.3 is 0 Å². The van der Waals surface area contributed by atoms with Crippen molar-refractivity contribution in [3.05, 3.63) is 12.4 Å². The van der Waals surface area contributed by atoms with E-state index in [0.717, 1.165) is 45.1 Å². The van der Waals surface area contributed by atoms with Gasteiger partial charge < -0.3 is 15.0 Å². The smallest absolute Gasteiger partial charge is 0.218 e. The van der Waals surface area contributed by atoms with E-state index in [9.17, 15) is 0 Å². The summed E-state index contributed by atoms with van der Waals surface area (Å²) in [5, 5.41) is 3.38. The topological polar surface area (TPSA) is 53.5 Å². The predicted molar refractivity (Wildman–Crippen MR) is 69.0 cm³/mol. The molecule has 2 aliphatic heterocycles. The summed E-state index contributed by atoms with van der Waals surface area (Å²) in [6.45, 7) is 6.65. The third-order valence-corrected chi connectivity index (χ3v) is 3.69. The van der Waals surface area contributed by atoms with Gasteiger partial charge in [-0.25, -0.2) is 9.97 Å². The first-order valence-corrected chi connectivity index (χ1v) is 6.42. The summed E-state index contributed by atoms with van der Waals surface area (Å²) in [4.78, 5) is 13.2. The molecule has 1 N–H and O–H groups in total. The van der Waals surface area contributed by atoms with E-state index in [2.05, 4.69) is 25.1 Å². The van der Waals surface area contributed by atoms with Gasteiger partial charge in [-0.2, -0.15) is 0 Å². The number of rotatable bonds is 3. The van der Waals surface area contributed by atoms with Crippen LogP contribution in [0.25, 0.3) is 0 Å². The molecule has 0 saturated carbocycles. The van der Waals surface area contributed by atoms with Crippen molar-refractivity contribution in [3.8, 4) is 5.88 Å². The Morgan fingerprint density at radius 3 is 2.78 bits per heavy atom. The maximum absolute atomic E-state index is 5.12. The number of hydrogen-bond donors (Lipinski definition) is 1. The molecule has 0 spiro atoms. The van der Waals surface area contributed by atoms with Crippen LogP contribution in [-0.4, -0.2) is 67.3 Å². The molecule has 2 fully saturated rings. The van der Waals surface area contributed by atoms with Crippen molar-refractivity contribution < 1.29 is 4.74 Å². The van der Waals surface area contributed by atoms with Crippen molar-refractivity contribution in [1.82, 2.24) is 20.2 Å². The number of hydrogen-bond acceptors (Lipinski definition) is 6. The minimum Gasteiger partial charge on any atom is -0.481 e. The maximum Gasteiger partial charge on any atom is 0.218 e. The standard InChI is InChI=1S/C12H19N5O/c1-18-12-6-11(14-9-15-12)17-7-10(8-17)16-4-2-13-3-5-16/h6,9-10,13H,2-5,7-8H2,1H3. The van der Waals surface area contributed by atoms with Crippen LogP contribution in [-0.2, 0) is 0 Å². The number of anilines is 1. The molecule has 6 nitrogen and oxygen atoms in total. The van der Waals surface area contributed by atoms with Gasteiger partial charge in [-0.3, -0.25) is 4.90 Å². The molecule has 98 valence electrons. The van der Waals surface area contributed by atoms with E-state index in [1.54, 1.807) is 13.4 Å². The van der Waals surface area contributed by atoms with Crippen LogP contribution in [0, 0.1) is 0 Å². The van der Waals surface area contributed by atoms with Gasteiger partial charge in [0.1, 0.15) is 12.1 Å². The Kier molecular flexibility index (Phi) is 3.29. The molecule has 2 aliphatic rings. The molecule has 0 bridgehead atoms. The van der Waals surface area contributed by atoms with Crippen LogP contribution >= 0.6 is 0 Å². The number of ether oxygens (including phenoxy) is 1. The zero-order valence-corrected chi connectivity index (χ0v) is 10.7. The summed E-state index contributed by atoms with van der Waals surface area (Å²) in [6, 6.07) is 2.57. The van der Waals surface area contributed by atoms with Crippen LogP contribution in [0.2, 0.25) is 0 Å². The van der Waals surface area contributed by atoms with Crippen LogP contribution in [0.5, 0.6) is 5.88 Å². The Labute approximate surface area is 107 Å². The number of piperazine rings is 1. The lowest BCUT2D eigenvalue weighted by Gasteiger charge is -2.47. The third kappa shape index (κ3) is 2.26. The maximum atomic E-state index is 5.12. The molecule has 1 aromatic heterocycles. The highest BCUT2D eigenvalue weighted by atomic mass is 16.5. The fourth-order valence-corrected chi connectivity index (χ4v) is 2.54. The second kappa shape index (κ2) is 5.07. The second-order valence-electron chi connectivity index (χ2n) is 4.76. The average molecular weight is 249 g/mol. The highest BCUT2D eigenvalue weighted by Gasteiger charge is 2.33. The van der Waals surface area contributed by atoms with Gasteiger partial charge in [0.05, 0.1) is 7.11 Å². The Hall–Kier alpha value is -1.40. The molecular weight excluding hydrogens is 230 g/mol. The van der Waals surface area contributed by atoms with Gasteiger partial charge in [0, 0.05) is 51.4 Å². The first-order chi connectivity index (χ1) is 8.86. The fraction of sp³-hybridized carbons (Fsp3) is 0.667. The van der Waals surface area contributed by atoms with Crippen LogP contribution in [0.4, 0.5) is 5.82 Å². The monoisotopic (exact) mass is 249 g/mol. The Bertz CT molecular complexity index is 401. The summed E-state index contributed by atoms with van der Waals surface area (Å²) in [5.41, 5.74) is 0. The zero-order chi connectivity index (χ0) is 12.4. The number of aromatic nitrogens is 2. The summed E-state index contributed by atoms with van der Waals surface area (Å²) < 4.78 is 5.12. The van der Waals surface area contributed by atoms with Gasteiger partial charge in [0.2, 0.25) is 5.88 Å². The predicted octanol–water partition coefficient (Wildman–Crippen LogP) is -0.421. The molecule has 0 amide bonds. The Morgan fingerprint density at radius 1 is 1.28 bits per heavy atom. The molecule has 6 heteroatoms. The molecule has 0 radical (unpaired) electrons. The first kappa shape index (κ1) is 11.7. The van der Waals surface area contributed by atoms with E-state index in [1.807, 2.05) is 6.07 Å². The second-order valence-corrected chi connectivity index (χ2v) is 4.76. The van der Waals surface area contributed by atoms with Gasteiger partial charge in [-0.15, -0.1) is 0 Å². The van der Waals surface area contributed by atoms with Crippen LogP contribution in [0.1, 0.15) is 0 Å². The normalized spacial score (nSPS) is 21.7. The lowest BCUT2D eigenvalue weighted by Crippen LogP contribution is -2.63. The van der Waals surface area contributed by atoms with Crippen molar-refractivity contribution in [2.24, 2.45) is 0 Å². The zero-order valence-electron chi connectivity index (χ0n) is 10.7. The molecule has 2 saturated heterocycles. The summed E-state index contributed by atoms with van der Waals surface area (Å²) >= 11 is 0. The SMILES string of the molecule is COc1cc(N2CC(N3CCNCC3)C2)ncn1. The van der Waals surface area contributed by atoms with Crippen LogP contribution in [0.15, 0.2) is 12.4 Å². The molecule has 0 unspecified atom stereocenters. The minimum atomic E-state index is 0.630. The number of nitrogens with zero attached hydrogens (tertiary/aromatic N) is 4. The van der Waals surface area contributed by atoms with E-state index in [1.165, 1.54) is 0 Å². The fourth-order valence-electron chi connectivity index (χ4n) is 2.54. The lowest BCUT2D eigenvalue weighted by molar-refractivity contribution is 0.147.